The monoisotopic (exact) mass is 245 g/mol. The summed E-state index contributed by atoms with van der Waals surface area (Å²) in [4.78, 5) is 10.7. The number of aromatic nitrogens is 4. The topological polar surface area (TPSA) is 67.9 Å². The lowest BCUT2D eigenvalue weighted by Gasteiger charge is -2.30. The minimum absolute atomic E-state index is 0.374. The van der Waals surface area contributed by atoms with E-state index in [1.807, 2.05) is 6.92 Å². The highest BCUT2D eigenvalue weighted by Gasteiger charge is 2.25. The molecule has 6 nitrogen and oxygen atoms in total. The highest BCUT2D eigenvalue weighted by Crippen LogP contribution is 2.28. The maximum Gasteiger partial charge on any atom is 0.219 e. The van der Waals surface area contributed by atoms with Crippen LogP contribution in [0.3, 0.4) is 0 Å². The van der Waals surface area contributed by atoms with Crippen LogP contribution in [0.25, 0.3) is 0 Å². The van der Waals surface area contributed by atoms with Crippen LogP contribution in [0.2, 0.25) is 0 Å². The second-order valence-electron chi connectivity index (χ2n) is 4.48. The molecule has 0 radical (unpaired) electrons. The largest absolute Gasteiger partial charge is 0.425 e. The molecule has 0 saturated carbocycles. The van der Waals surface area contributed by atoms with Crippen molar-refractivity contribution in [3.05, 3.63) is 30.4 Å². The Morgan fingerprint density at radius 1 is 1.22 bits per heavy atom. The van der Waals surface area contributed by atoms with Crippen molar-refractivity contribution in [2.45, 2.75) is 25.7 Å². The molecule has 3 heterocycles. The van der Waals surface area contributed by atoms with Gasteiger partial charge in [-0.1, -0.05) is 0 Å². The fourth-order valence-corrected chi connectivity index (χ4v) is 2.29. The van der Waals surface area contributed by atoms with Crippen molar-refractivity contribution < 1.29 is 4.42 Å². The van der Waals surface area contributed by atoms with E-state index in [4.69, 9.17) is 4.42 Å². The zero-order valence-electron chi connectivity index (χ0n) is 10.3. The molecule has 2 aromatic heterocycles. The summed E-state index contributed by atoms with van der Waals surface area (Å²) < 4.78 is 5.50. The third-order valence-electron chi connectivity index (χ3n) is 3.26. The summed E-state index contributed by atoms with van der Waals surface area (Å²) in [5.74, 6) is 2.73. The smallest absolute Gasteiger partial charge is 0.219 e. The predicted octanol–water partition coefficient (Wildman–Crippen LogP) is 1.55. The Morgan fingerprint density at radius 2 is 2.06 bits per heavy atom. The van der Waals surface area contributed by atoms with Gasteiger partial charge in [-0.25, -0.2) is 4.98 Å². The van der Waals surface area contributed by atoms with Gasteiger partial charge in [0.25, 0.3) is 0 Å². The van der Waals surface area contributed by atoms with Gasteiger partial charge in [0.05, 0.1) is 6.20 Å². The molecule has 1 aliphatic rings. The zero-order valence-corrected chi connectivity index (χ0v) is 10.3. The molecule has 0 unspecified atom stereocenters. The van der Waals surface area contributed by atoms with Gasteiger partial charge in [0.2, 0.25) is 11.8 Å². The molecule has 0 aromatic carbocycles. The van der Waals surface area contributed by atoms with Crippen LogP contribution in [-0.4, -0.2) is 33.3 Å². The van der Waals surface area contributed by atoms with E-state index in [9.17, 15) is 0 Å². The first-order valence-electron chi connectivity index (χ1n) is 6.14. The van der Waals surface area contributed by atoms with E-state index in [-0.39, 0.29) is 0 Å². The van der Waals surface area contributed by atoms with Crippen LogP contribution in [0.4, 0.5) is 5.82 Å². The molecule has 0 atom stereocenters. The lowest BCUT2D eigenvalue weighted by Crippen LogP contribution is -2.33. The molecule has 0 bridgehead atoms. The number of aryl methyl sites for hydroxylation is 1. The summed E-state index contributed by atoms with van der Waals surface area (Å²) in [5.41, 5.74) is 0. The number of hydrogen-bond donors (Lipinski definition) is 0. The highest BCUT2D eigenvalue weighted by molar-refractivity contribution is 5.35. The van der Waals surface area contributed by atoms with Gasteiger partial charge in [-0.3, -0.25) is 4.98 Å². The summed E-state index contributed by atoms with van der Waals surface area (Å²) in [6.45, 7) is 3.72. The van der Waals surface area contributed by atoms with Crippen molar-refractivity contribution in [2.24, 2.45) is 0 Å². The molecule has 94 valence electrons. The van der Waals surface area contributed by atoms with Gasteiger partial charge in [-0.15, -0.1) is 10.2 Å². The summed E-state index contributed by atoms with van der Waals surface area (Å²) in [6, 6.07) is 0. The Balaban J connectivity index is 1.65. The molecule has 18 heavy (non-hydrogen) atoms. The normalized spacial score (nSPS) is 17.1. The molecule has 0 aliphatic carbocycles. The van der Waals surface area contributed by atoms with E-state index in [1.165, 1.54) is 0 Å². The van der Waals surface area contributed by atoms with Crippen molar-refractivity contribution in [3.8, 4) is 0 Å². The van der Waals surface area contributed by atoms with Gasteiger partial charge in [0, 0.05) is 38.3 Å². The number of nitrogens with zero attached hydrogens (tertiary/aromatic N) is 5. The SMILES string of the molecule is Cc1nnc(C2CCN(c3cnccn3)CC2)o1. The Labute approximate surface area is 105 Å². The van der Waals surface area contributed by atoms with Crippen LogP contribution in [0.1, 0.15) is 30.5 Å². The third-order valence-corrected chi connectivity index (χ3v) is 3.26. The van der Waals surface area contributed by atoms with Crippen molar-refractivity contribution in [1.82, 2.24) is 20.2 Å². The Bertz CT molecular complexity index is 504. The van der Waals surface area contributed by atoms with Gasteiger partial charge < -0.3 is 9.32 Å². The Hall–Kier alpha value is -1.98. The van der Waals surface area contributed by atoms with Crippen LogP contribution in [-0.2, 0) is 0 Å². The van der Waals surface area contributed by atoms with Crippen LogP contribution in [0.15, 0.2) is 23.0 Å². The average molecular weight is 245 g/mol. The second-order valence-corrected chi connectivity index (χ2v) is 4.48. The van der Waals surface area contributed by atoms with Crippen molar-refractivity contribution in [1.29, 1.82) is 0 Å². The molecule has 3 rings (SSSR count). The summed E-state index contributed by atoms with van der Waals surface area (Å²) in [5, 5.41) is 7.99. The number of piperidine rings is 1. The molecule has 1 fully saturated rings. The molecule has 0 amide bonds. The lowest BCUT2D eigenvalue weighted by molar-refractivity contribution is 0.382. The van der Waals surface area contributed by atoms with E-state index >= 15 is 0 Å². The fourth-order valence-electron chi connectivity index (χ4n) is 2.29. The molecule has 0 spiro atoms. The Kier molecular flexibility index (Phi) is 2.92. The lowest BCUT2D eigenvalue weighted by atomic mass is 9.97. The van der Waals surface area contributed by atoms with Crippen LogP contribution < -0.4 is 4.90 Å². The summed E-state index contributed by atoms with van der Waals surface area (Å²) >= 11 is 0. The standard InChI is InChI=1S/C12H15N5O/c1-9-15-16-12(18-9)10-2-6-17(7-3-10)11-8-13-4-5-14-11/h4-5,8,10H,2-3,6-7H2,1H3. The maximum atomic E-state index is 5.50. The second kappa shape index (κ2) is 4.72. The summed E-state index contributed by atoms with van der Waals surface area (Å²) in [6.07, 6.45) is 7.24. The molecule has 6 heteroatoms. The molecule has 1 saturated heterocycles. The van der Waals surface area contributed by atoms with Crippen molar-refractivity contribution in [2.75, 3.05) is 18.0 Å². The summed E-state index contributed by atoms with van der Waals surface area (Å²) in [7, 11) is 0. The van der Waals surface area contributed by atoms with Gasteiger partial charge >= 0.3 is 0 Å². The molecule has 0 N–H and O–H groups in total. The van der Waals surface area contributed by atoms with E-state index < -0.39 is 0 Å². The van der Waals surface area contributed by atoms with E-state index in [0.29, 0.717) is 11.8 Å². The molecule has 2 aromatic rings. The van der Waals surface area contributed by atoms with Gasteiger partial charge in [0.15, 0.2) is 0 Å². The number of rotatable bonds is 2. The number of hydrogen-bond acceptors (Lipinski definition) is 6. The minimum atomic E-state index is 0.374. The van der Waals surface area contributed by atoms with Crippen LogP contribution in [0.5, 0.6) is 0 Å². The minimum Gasteiger partial charge on any atom is -0.425 e. The van der Waals surface area contributed by atoms with Gasteiger partial charge in [-0.2, -0.15) is 0 Å². The van der Waals surface area contributed by atoms with Crippen molar-refractivity contribution in [3.63, 3.8) is 0 Å². The molecular weight excluding hydrogens is 230 g/mol. The average Bonchev–Trinajstić information content (AvgIpc) is 2.87. The van der Waals surface area contributed by atoms with E-state index in [1.54, 1.807) is 18.6 Å². The van der Waals surface area contributed by atoms with Crippen molar-refractivity contribution >= 4 is 5.82 Å². The van der Waals surface area contributed by atoms with Gasteiger partial charge in [0.1, 0.15) is 5.82 Å². The highest BCUT2D eigenvalue weighted by atomic mass is 16.4. The first-order valence-corrected chi connectivity index (χ1v) is 6.14. The van der Waals surface area contributed by atoms with Gasteiger partial charge in [-0.05, 0) is 12.8 Å². The van der Waals surface area contributed by atoms with E-state index in [2.05, 4.69) is 25.1 Å². The number of anilines is 1. The quantitative estimate of drug-likeness (QED) is 0.799. The Morgan fingerprint density at radius 3 is 2.67 bits per heavy atom. The van der Waals surface area contributed by atoms with Crippen LogP contribution >= 0.6 is 0 Å². The molecule has 1 aliphatic heterocycles. The van der Waals surface area contributed by atoms with E-state index in [0.717, 1.165) is 37.6 Å². The first-order chi connectivity index (χ1) is 8.83. The first kappa shape index (κ1) is 11.1. The molecular formula is C12H15N5O. The maximum absolute atomic E-state index is 5.50. The van der Waals surface area contributed by atoms with Crippen LogP contribution in [0, 0.1) is 6.92 Å². The zero-order chi connectivity index (χ0) is 12.4. The predicted molar refractivity (Wildman–Crippen MR) is 65.3 cm³/mol. The third kappa shape index (κ3) is 2.18. The fraction of sp³-hybridized carbons (Fsp3) is 0.500.